The molecule has 0 aliphatic carbocycles. The van der Waals surface area contributed by atoms with Crippen LogP contribution in [0.4, 0.5) is 0 Å². The number of ether oxygens (including phenoxy) is 2. The minimum absolute atomic E-state index is 0.206. The van der Waals surface area contributed by atoms with Crippen LogP contribution >= 0.6 is 45.2 Å². The Morgan fingerprint density at radius 1 is 1.15 bits per heavy atom. The highest BCUT2D eigenvalue weighted by molar-refractivity contribution is 14.1. The minimum atomic E-state index is -4.62. The minimum Gasteiger partial charge on any atom is -0.744 e. The summed E-state index contributed by atoms with van der Waals surface area (Å²) in [4.78, 5) is 11.9. The molecule has 0 spiro atoms. The molecule has 0 atom stereocenters. The number of rotatable bonds is 6. The standard InChI is InChI=1S/C18H18I2O6S/c1-10(2)13-8-16(11(3)6-17(13)27(22,23)24)26-18(21)9-25-15-5-4-12(19)7-14(15)20/h4-8,10H,9H2,1-3H3,(H,22,23,24)/p-1. The third-order valence-electron chi connectivity index (χ3n) is 3.66. The average molecular weight is 615 g/mol. The van der Waals surface area contributed by atoms with Crippen molar-refractivity contribution in [2.75, 3.05) is 6.61 Å². The Labute approximate surface area is 185 Å². The lowest BCUT2D eigenvalue weighted by Gasteiger charge is -2.19. The van der Waals surface area contributed by atoms with Gasteiger partial charge < -0.3 is 14.0 Å². The van der Waals surface area contributed by atoms with Crippen molar-refractivity contribution in [2.24, 2.45) is 0 Å². The van der Waals surface area contributed by atoms with Gasteiger partial charge >= 0.3 is 5.97 Å². The van der Waals surface area contributed by atoms with Crippen LogP contribution in [0.5, 0.6) is 11.5 Å². The van der Waals surface area contributed by atoms with Crippen molar-refractivity contribution in [3.05, 3.63) is 48.6 Å². The molecule has 9 heteroatoms. The summed E-state index contributed by atoms with van der Waals surface area (Å²) >= 11 is 4.30. The lowest BCUT2D eigenvalue weighted by atomic mass is 10.0. The number of halogens is 2. The van der Waals surface area contributed by atoms with Crippen LogP contribution in [0.15, 0.2) is 35.2 Å². The third-order valence-corrected chi connectivity index (χ3v) is 6.07. The number of esters is 1. The third kappa shape index (κ3) is 6.03. The maximum Gasteiger partial charge on any atom is 0.349 e. The largest absolute Gasteiger partial charge is 0.744 e. The Kier molecular flexibility index (Phi) is 7.50. The van der Waals surface area contributed by atoms with Crippen LogP contribution in [0, 0.1) is 14.1 Å². The molecular weight excluding hydrogens is 598 g/mol. The van der Waals surface area contributed by atoms with Gasteiger partial charge in [0.15, 0.2) is 6.61 Å². The highest BCUT2D eigenvalue weighted by atomic mass is 127. The Bertz CT molecular complexity index is 970. The van der Waals surface area contributed by atoms with E-state index in [0.717, 1.165) is 7.14 Å². The Morgan fingerprint density at radius 2 is 1.81 bits per heavy atom. The number of hydrogen-bond donors (Lipinski definition) is 0. The first-order chi connectivity index (χ1) is 12.5. The zero-order valence-corrected chi connectivity index (χ0v) is 19.9. The highest BCUT2D eigenvalue weighted by Gasteiger charge is 2.18. The van der Waals surface area contributed by atoms with E-state index in [0.29, 0.717) is 16.9 Å². The van der Waals surface area contributed by atoms with Crippen molar-refractivity contribution >= 4 is 61.3 Å². The molecule has 6 nitrogen and oxygen atoms in total. The second-order valence-corrected chi connectivity index (χ2v) is 9.86. The smallest absolute Gasteiger partial charge is 0.349 e. The van der Waals surface area contributed by atoms with Crippen molar-refractivity contribution in [3.8, 4) is 11.5 Å². The van der Waals surface area contributed by atoms with Gasteiger partial charge in [0, 0.05) is 3.57 Å². The van der Waals surface area contributed by atoms with Crippen molar-refractivity contribution in [1.29, 1.82) is 0 Å². The van der Waals surface area contributed by atoms with Gasteiger partial charge in [0.2, 0.25) is 0 Å². The lowest BCUT2D eigenvalue weighted by molar-refractivity contribution is -0.136. The molecule has 2 aromatic rings. The molecule has 0 aromatic heterocycles. The summed E-state index contributed by atoms with van der Waals surface area (Å²) in [5, 5.41) is 0. The van der Waals surface area contributed by atoms with Gasteiger partial charge in [-0.1, -0.05) is 13.8 Å². The average Bonchev–Trinajstić information content (AvgIpc) is 2.54. The molecule has 0 heterocycles. The SMILES string of the molecule is Cc1cc(S(=O)(=O)[O-])c(C(C)C)cc1OC(=O)COc1ccc(I)cc1I. The van der Waals surface area contributed by atoms with Crippen molar-refractivity contribution < 1.29 is 27.2 Å². The number of carbonyl (C=O) groups is 1. The molecule has 2 aromatic carbocycles. The van der Waals surface area contributed by atoms with E-state index in [1.54, 1.807) is 26.8 Å². The summed E-state index contributed by atoms with van der Waals surface area (Å²) in [7, 11) is -4.62. The summed E-state index contributed by atoms with van der Waals surface area (Å²) < 4.78 is 47.2. The van der Waals surface area contributed by atoms with E-state index in [1.165, 1.54) is 12.1 Å². The predicted molar refractivity (Wildman–Crippen MR) is 116 cm³/mol. The second kappa shape index (κ2) is 9.05. The molecule has 0 aliphatic rings. The molecule has 0 amide bonds. The van der Waals surface area contributed by atoms with Crippen LogP contribution in [-0.4, -0.2) is 25.5 Å². The van der Waals surface area contributed by atoms with E-state index in [4.69, 9.17) is 9.47 Å². The van der Waals surface area contributed by atoms with Gasteiger partial charge in [-0.25, -0.2) is 13.2 Å². The van der Waals surface area contributed by atoms with Crippen LogP contribution in [-0.2, 0) is 14.9 Å². The molecule has 0 N–H and O–H groups in total. The first-order valence-corrected chi connectivity index (χ1v) is 11.4. The van der Waals surface area contributed by atoms with Gasteiger partial charge in [0.25, 0.3) is 0 Å². The summed E-state index contributed by atoms with van der Waals surface area (Å²) in [5.74, 6) is -0.0800. The van der Waals surface area contributed by atoms with E-state index in [1.807, 2.05) is 12.1 Å². The normalized spacial score (nSPS) is 11.5. The maximum absolute atomic E-state index is 12.1. The van der Waals surface area contributed by atoms with Crippen molar-refractivity contribution in [3.63, 3.8) is 0 Å². The molecule has 0 radical (unpaired) electrons. The van der Waals surface area contributed by atoms with Crippen LogP contribution in [0.1, 0.15) is 30.9 Å². The van der Waals surface area contributed by atoms with Gasteiger partial charge in [-0.15, -0.1) is 0 Å². The van der Waals surface area contributed by atoms with Gasteiger partial charge in [0.1, 0.15) is 21.6 Å². The first kappa shape index (κ1) is 22.4. The van der Waals surface area contributed by atoms with E-state index in [2.05, 4.69) is 45.2 Å². The van der Waals surface area contributed by atoms with Crippen LogP contribution in [0.25, 0.3) is 0 Å². The number of aryl methyl sites for hydroxylation is 1. The summed E-state index contributed by atoms with van der Waals surface area (Å²) in [6, 6.07) is 8.22. The quantitative estimate of drug-likeness (QED) is 0.209. The van der Waals surface area contributed by atoms with E-state index >= 15 is 0 Å². The maximum atomic E-state index is 12.1. The van der Waals surface area contributed by atoms with Gasteiger partial charge in [-0.05, 0) is 99.5 Å². The number of hydrogen-bond acceptors (Lipinski definition) is 6. The van der Waals surface area contributed by atoms with E-state index < -0.39 is 16.1 Å². The van der Waals surface area contributed by atoms with Gasteiger partial charge in [0.05, 0.1) is 8.47 Å². The van der Waals surface area contributed by atoms with Crippen LogP contribution in [0.3, 0.4) is 0 Å². The van der Waals surface area contributed by atoms with Gasteiger partial charge in [-0.2, -0.15) is 0 Å². The predicted octanol–water partition coefficient (Wildman–Crippen LogP) is 4.22. The van der Waals surface area contributed by atoms with Gasteiger partial charge in [-0.3, -0.25) is 0 Å². The molecule has 0 bridgehead atoms. The number of carbonyl (C=O) groups excluding carboxylic acids is 1. The Balaban J connectivity index is 2.19. The van der Waals surface area contributed by atoms with Crippen LogP contribution in [0.2, 0.25) is 0 Å². The second-order valence-electron chi connectivity index (χ2n) is 6.10. The first-order valence-electron chi connectivity index (χ1n) is 7.88. The summed E-state index contributed by atoms with van der Waals surface area (Å²) in [6.07, 6.45) is 0. The van der Waals surface area contributed by atoms with Crippen molar-refractivity contribution in [1.82, 2.24) is 0 Å². The fourth-order valence-electron chi connectivity index (χ4n) is 2.34. The molecular formula is C18H17I2O6S-. The van der Waals surface area contributed by atoms with E-state index in [-0.39, 0.29) is 23.2 Å². The lowest BCUT2D eigenvalue weighted by Crippen LogP contribution is -2.19. The molecule has 146 valence electrons. The highest BCUT2D eigenvalue weighted by Crippen LogP contribution is 2.31. The molecule has 0 saturated heterocycles. The van der Waals surface area contributed by atoms with Crippen molar-refractivity contribution in [2.45, 2.75) is 31.6 Å². The fraction of sp³-hybridized carbons (Fsp3) is 0.278. The number of benzene rings is 2. The molecule has 2 rings (SSSR count). The molecule has 0 saturated carbocycles. The molecule has 0 fully saturated rings. The summed E-state index contributed by atoms with van der Waals surface area (Å²) in [5.41, 5.74) is 0.692. The topological polar surface area (TPSA) is 92.7 Å². The zero-order chi connectivity index (χ0) is 20.4. The fourth-order valence-corrected chi connectivity index (χ4v) is 5.00. The van der Waals surface area contributed by atoms with Crippen LogP contribution < -0.4 is 9.47 Å². The summed E-state index contributed by atoms with van der Waals surface area (Å²) in [6.45, 7) is 4.79. The Hall–Kier alpha value is -0.920. The zero-order valence-electron chi connectivity index (χ0n) is 14.8. The molecule has 0 aliphatic heterocycles. The molecule has 27 heavy (non-hydrogen) atoms. The molecule has 0 unspecified atom stereocenters. The monoisotopic (exact) mass is 615 g/mol. The Morgan fingerprint density at radius 3 is 2.37 bits per heavy atom. The van der Waals surface area contributed by atoms with E-state index in [9.17, 15) is 17.8 Å².